The summed E-state index contributed by atoms with van der Waals surface area (Å²) in [5.41, 5.74) is 0. The Kier molecular flexibility index (Phi) is 18.5. The maximum Gasteiger partial charge on any atom is 0.101 e. The fourth-order valence-corrected chi connectivity index (χ4v) is 4.75. The average Bonchev–Trinajstić information content (AvgIpc) is 3.14. The van der Waals surface area contributed by atoms with Crippen molar-refractivity contribution >= 4 is 0 Å². The fourth-order valence-electron chi connectivity index (χ4n) is 4.75. The Labute approximate surface area is 190 Å². The van der Waals surface area contributed by atoms with E-state index in [1.807, 2.05) is 0 Å². The summed E-state index contributed by atoms with van der Waals surface area (Å²) < 4.78 is 0. The third-order valence-corrected chi connectivity index (χ3v) is 6.82. The van der Waals surface area contributed by atoms with E-state index in [0.29, 0.717) is 6.17 Å². The smallest absolute Gasteiger partial charge is 0.101 e. The van der Waals surface area contributed by atoms with Gasteiger partial charge in [0.2, 0.25) is 0 Å². The molecule has 1 heterocycles. The maximum atomic E-state index is 2.63. The monoisotopic (exact) mass is 420 g/mol. The molecule has 2 nitrogen and oxygen atoms in total. The van der Waals surface area contributed by atoms with Gasteiger partial charge in [-0.1, -0.05) is 124 Å². The van der Waals surface area contributed by atoms with Gasteiger partial charge < -0.3 is 9.80 Å². The van der Waals surface area contributed by atoms with Crippen molar-refractivity contribution in [3.8, 4) is 0 Å². The Morgan fingerprint density at radius 2 is 0.800 bits per heavy atom. The predicted octanol–water partition coefficient (Wildman–Crippen LogP) is 9.26. The van der Waals surface area contributed by atoms with Crippen LogP contribution in [0.25, 0.3) is 0 Å². The zero-order chi connectivity index (χ0) is 21.7. The molecule has 0 bridgehead atoms. The SMILES string of the molecule is CCCCCCCCCCCCCCCCC1N(CCCC)C=CN1CCCCC. The summed E-state index contributed by atoms with van der Waals surface area (Å²) in [7, 11) is 0. The lowest BCUT2D eigenvalue weighted by molar-refractivity contribution is 0.136. The Hall–Kier alpha value is -0.660. The van der Waals surface area contributed by atoms with E-state index in [4.69, 9.17) is 0 Å². The van der Waals surface area contributed by atoms with Gasteiger partial charge in [0.1, 0.15) is 6.17 Å². The molecule has 1 unspecified atom stereocenters. The van der Waals surface area contributed by atoms with E-state index in [1.165, 1.54) is 142 Å². The highest BCUT2D eigenvalue weighted by molar-refractivity contribution is 4.96. The highest BCUT2D eigenvalue weighted by Crippen LogP contribution is 2.23. The van der Waals surface area contributed by atoms with Crippen molar-refractivity contribution in [1.29, 1.82) is 0 Å². The van der Waals surface area contributed by atoms with Crippen LogP contribution in [0, 0.1) is 0 Å². The van der Waals surface area contributed by atoms with Gasteiger partial charge in [0.15, 0.2) is 0 Å². The van der Waals surface area contributed by atoms with Crippen LogP contribution in [-0.2, 0) is 0 Å². The molecule has 0 aromatic carbocycles. The second-order valence-electron chi connectivity index (χ2n) is 9.70. The van der Waals surface area contributed by atoms with E-state index in [-0.39, 0.29) is 0 Å². The van der Waals surface area contributed by atoms with E-state index >= 15 is 0 Å². The summed E-state index contributed by atoms with van der Waals surface area (Å²) in [6.45, 7) is 9.40. The predicted molar refractivity (Wildman–Crippen MR) is 136 cm³/mol. The number of hydrogen-bond donors (Lipinski definition) is 0. The van der Waals surface area contributed by atoms with E-state index in [2.05, 4.69) is 43.0 Å². The first kappa shape index (κ1) is 27.4. The molecule has 0 saturated heterocycles. The van der Waals surface area contributed by atoms with Crippen molar-refractivity contribution in [3.05, 3.63) is 12.4 Å². The quantitative estimate of drug-likeness (QED) is 0.161. The fraction of sp³-hybridized carbons (Fsp3) is 0.929. The van der Waals surface area contributed by atoms with Gasteiger partial charge in [0.25, 0.3) is 0 Å². The van der Waals surface area contributed by atoms with Gasteiger partial charge in [0, 0.05) is 25.5 Å². The molecule has 1 aliphatic heterocycles. The molecule has 1 atom stereocenters. The second-order valence-corrected chi connectivity index (χ2v) is 9.70. The normalized spacial score (nSPS) is 16.2. The first-order valence-corrected chi connectivity index (χ1v) is 14.0. The molecular weight excluding hydrogens is 364 g/mol. The summed E-state index contributed by atoms with van der Waals surface area (Å²) >= 11 is 0. The van der Waals surface area contributed by atoms with Crippen LogP contribution < -0.4 is 0 Å². The van der Waals surface area contributed by atoms with Crippen LogP contribution in [0.1, 0.15) is 149 Å². The third-order valence-electron chi connectivity index (χ3n) is 6.82. The van der Waals surface area contributed by atoms with E-state index in [9.17, 15) is 0 Å². The third kappa shape index (κ3) is 13.6. The van der Waals surface area contributed by atoms with Crippen LogP contribution in [0.5, 0.6) is 0 Å². The highest BCUT2D eigenvalue weighted by atomic mass is 15.4. The van der Waals surface area contributed by atoms with Gasteiger partial charge in [-0.25, -0.2) is 0 Å². The molecule has 1 rings (SSSR count). The van der Waals surface area contributed by atoms with Gasteiger partial charge in [-0.2, -0.15) is 0 Å². The summed E-state index contributed by atoms with van der Waals surface area (Å²) in [5, 5.41) is 0. The standard InChI is InChI=1S/C28H56N2/c1-4-7-10-11-12-13-14-15-16-17-18-19-20-21-23-28-29(24-9-6-3)26-27-30(28)25-22-8-5-2/h26-28H,4-25H2,1-3H3. The van der Waals surface area contributed by atoms with Gasteiger partial charge in [-0.05, 0) is 25.7 Å². The highest BCUT2D eigenvalue weighted by Gasteiger charge is 2.24. The minimum atomic E-state index is 0.644. The molecule has 0 aromatic rings. The summed E-state index contributed by atoms with van der Waals surface area (Å²) in [6, 6.07) is 0. The number of nitrogens with zero attached hydrogens (tertiary/aromatic N) is 2. The first-order valence-electron chi connectivity index (χ1n) is 14.0. The molecule has 0 aliphatic carbocycles. The van der Waals surface area contributed by atoms with E-state index in [0.717, 1.165) is 0 Å². The molecule has 2 heteroatoms. The summed E-state index contributed by atoms with van der Waals surface area (Å²) in [6.07, 6.45) is 33.7. The maximum absolute atomic E-state index is 2.63. The molecule has 30 heavy (non-hydrogen) atoms. The van der Waals surface area contributed by atoms with E-state index in [1.54, 1.807) is 0 Å². The zero-order valence-electron chi connectivity index (χ0n) is 21.2. The topological polar surface area (TPSA) is 6.48 Å². The first-order chi connectivity index (χ1) is 14.8. The van der Waals surface area contributed by atoms with Crippen LogP contribution in [0.15, 0.2) is 12.4 Å². The van der Waals surface area contributed by atoms with Crippen LogP contribution in [0.2, 0.25) is 0 Å². The van der Waals surface area contributed by atoms with Gasteiger partial charge in [-0.3, -0.25) is 0 Å². The Bertz CT molecular complexity index is 379. The molecule has 0 amide bonds. The molecule has 0 radical (unpaired) electrons. The van der Waals surface area contributed by atoms with Gasteiger partial charge in [-0.15, -0.1) is 0 Å². The summed E-state index contributed by atoms with van der Waals surface area (Å²) in [5.74, 6) is 0. The lowest BCUT2D eigenvalue weighted by Crippen LogP contribution is -2.39. The van der Waals surface area contributed by atoms with Crippen molar-refractivity contribution < 1.29 is 0 Å². The summed E-state index contributed by atoms with van der Waals surface area (Å²) in [4.78, 5) is 5.26. The van der Waals surface area contributed by atoms with Gasteiger partial charge >= 0.3 is 0 Å². The number of hydrogen-bond acceptors (Lipinski definition) is 2. The molecule has 0 spiro atoms. The van der Waals surface area contributed by atoms with Crippen LogP contribution in [0.4, 0.5) is 0 Å². The minimum Gasteiger partial charge on any atom is -0.356 e. The molecule has 0 N–H and O–H groups in total. The molecular formula is C28H56N2. The largest absolute Gasteiger partial charge is 0.356 e. The van der Waals surface area contributed by atoms with Crippen molar-refractivity contribution in [2.45, 2.75) is 155 Å². The number of rotatable bonds is 22. The Morgan fingerprint density at radius 3 is 1.27 bits per heavy atom. The van der Waals surface area contributed by atoms with Crippen molar-refractivity contribution in [2.24, 2.45) is 0 Å². The molecule has 0 saturated carbocycles. The van der Waals surface area contributed by atoms with Crippen molar-refractivity contribution in [1.82, 2.24) is 9.80 Å². The lowest BCUT2D eigenvalue weighted by atomic mass is 10.0. The molecule has 178 valence electrons. The minimum absolute atomic E-state index is 0.644. The van der Waals surface area contributed by atoms with Crippen LogP contribution >= 0.6 is 0 Å². The zero-order valence-corrected chi connectivity index (χ0v) is 21.2. The lowest BCUT2D eigenvalue weighted by Gasteiger charge is -2.33. The van der Waals surface area contributed by atoms with E-state index < -0.39 is 0 Å². The number of unbranched alkanes of at least 4 members (excludes halogenated alkanes) is 16. The van der Waals surface area contributed by atoms with Crippen molar-refractivity contribution in [3.63, 3.8) is 0 Å². The molecule has 0 aromatic heterocycles. The Morgan fingerprint density at radius 1 is 0.433 bits per heavy atom. The second kappa shape index (κ2) is 20.3. The van der Waals surface area contributed by atoms with Crippen molar-refractivity contribution in [2.75, 3.05) is 13.1 Å². The van der Waals surface area contributed by atoms with Crippen LogP contribution in [0.3, 0.4) is 0 Å². The average molecular weight is 421 g/mol. The molecule has 1 aliphatic rings. The van der Waals surface area contributed by atoms with Crippen LogP contribution in [-0.4, -0.2) is 29.1 Å². The van der Waals surface area contributed by atoms with Gasteiger partial charge in [0.05, 0.1) is 0 Å². The molecule has 0 fully saturated rings. The Balaban J connectivity index is 2.03.